The van der Waals surface area contributed by atoms with E-state index in [0.29, 0.717) is 38.3 Å². The third-order valence-corrected chi connectivity index (χ3v) is 6.04. The Morgan fingerprint density at radius 2 is 1.75 bits per heavy atom. The zero-order valence-corrected chi connectivity index (χ0v) is 18.1. The molecule has 7 nitrogen and oxygen atoms in total. The minimum absolute atomic E-state index is 0.0973. The van der Waals surface area contributed by atoms with Crippen LogP contribution < -0.4 is 10.4 Å². The van der Waals surface area contributed by atoms with Crippen molar-refractivity contribution in [2.24, 2.45) is 0 Å². The maximum atomic E-state index is 13.2. The van der Waals surface area contributed by atoms with E-state index in [9.17, 15) is 14.0 Å². The van der Waals surface area contributed by atoms with E-state index >= 15 is 0 Å². The van der Waals surface area contributed by atoms with Gasteiger partial charge in [-0.05, 0) is 54.7 Å². The van der Waals surface area contributed by atoms with Crippen LogP contribution in [0.4, 0.5) is 4.39 Å². The summed E-state index contributed by atoms with van der Waals surface area (Å²) in [6, 6.07) is 13.9. The highest BCUT2D eigenvalue weighted by atomic mass is 19.1. The molecule has 1 saturated heterocycles. The van der Waals surface area contributed by atoms with E-state index in [-0.39, 0.29) is 23.3 Å². The predicted molar refractivity (Wildman–Crippen MR) is 118 cm³/mol. The van der Waals surface area contributed by atoms with Crippen LogP contribution in [0.15, 0.2) is 53.3 Å². The lowest BCUT2D eigenvalue weighted by atomic mass is 9.95. The van der Waals surface area contributed by atoms with E-state index in [1.807, 2.05) is 29.2 Å². The summed E-state index contributed by atoms with van der Waals surface area (Å²) >= 11 is 0. The van der Waals surface area contributed by atoms with Gasteiger partial charge in [0.1, 0.15) is 17.4 Å². The monoisotopic (exact) mass is 438 g/mol. The molecule has 168 valence electrons. The highest BCUT2D eigenvalue weighted by Crippen LogP contribution is 2.27. The fraction of sp³-hybridized carbons (Fsp3) is 0.375. The first-order chi connectivity index (χ1) is 15.5. The summed E-state index contributed by atoms with van der Waals surface area (Å²) in [7, 11) is 1.63. The van der Waals surface area contributed by atoms with E-state index in [1.165, 1.54) is 12.1 Å². The van der Waals surface area contributed by atoms with Gasteiger partial charge in [-0.25, -0.2) is 14.3 Å². The molecule has 0 spiro atoms. The molecule has 1 N–H and O–H groups in total. The van der Waals surface area contributed by atoms with E-state index in [1.54, 1.807) is 23.8 Å². The molecule has 0 saturated carbocycles. The lowest BCUT2D eigenvalue weighted by Gasteiger charge is -2.31. The summed E-state index contributed by atoms with van der Waals surface area (Å²) in [5.74, 6) is 1.44. The van der Waals surface area contributed by atoms with Crippen LogP contribution in [0.5, 0.6) is 5.75 Å². The summed E-state index contributed by atoms with van der Waals surface area (Å²) in [6.07, 6.45) is 2.66. The Balaban J connectivity index is 1.33. The Labute approximate surface area is 185 Å². The quantitative estimate of drug-likeness (QED) is 0.615. The Kier molecular flexibility index (Phi) is 6.68. The van der Waals surface area contributed by atoms with Gasteiger partial charge in [-0.1, -0.05) is 24.3 Å². The largest absolute Gasteiger partial charge is 0.497 e. The first-order valence-corrected chi connectivity index (χ1v) is 10.8. The van der Waals surface area contributed by atoms with Crippen LogP contribution in [0.25, 0.3) is 0 Å². The number of aromatic nitrogens is 3. The molecular weight excluding hydrogens is 411 g/mol. The molecule has 4 rings (SSSR count). The number of ether oxygens (including phenoxy) is 1. The van der Waals surface area contributed by atoms with Crippen molar-refractivity contribution < 1.29 is 13.9 Å². The first-order valence-electron chi connectivity index (χ1n) is 10.8. The molecule has 2 heterocycles. The Hall–Kier alpha value is -3.42. The van der Waals surface area contributed by atoms with E-state index in [2.05, 4.69) is 10.2 Å². The van der Waals surface area contributed by atoms with Gasteiger partial charge in [-0.2, -0.15) is 5.10 Å². The molecule has 1 aliphatic rings. The van der Waals surface area contributed by atoms with Crippen LogP contribution in [0.2, 0.25) is 0 Å². The van der Waals surface area contributed by atoms with Gasteiger partial charge in [-0.15, -0.1) is 0 Å². The molecule has 1 amide bonds. The number of piperidine rings is 1. The number of hydrogen-bond acceptors (Lipinski definition) is 4. The van der Waals surface area contributed by atoms with Crippen LogP contribution in [-0.2, 0) is 17.8 Å². The Morgan fingerprint density at radius 1 is 1.09 bits per heavy atom. The highest BCUT2D eigenvalue weighted by Gasteiger charge is 2.27. The molecule has 0 bridgehead atoms. The number of halogens is 1. The van der Waals surface area contributed by atoms with Crippen LogP contribution in [0.3, 0.4) is 0 Å². The topological polar surface area (TPSA) is 80.2 Å². The second kappa shape index (κ2) is 9.80. The van der Waals surface area contributed by atoms with Crippen molar-refractivity contribution in [3.63, 3.8) is 0 Å². The van der Waals surface area contributed by atoms with Crippen LogP contribution in [0.1, 0.15) is 42.1 Å². The SMILES string of the molecule is COc1ccc(CCC(=O)N2CCC(c3n[nH]c(=O)n3Cc3ccc(F)cc3)CC2)cc1. The number of likely N-dealkylation sites (tertiary alicyclic amines) is 1. The molecule has 2 aromatic carbocycles. The number of benzene rings is 2. The van der Waals surface area contributed by atoms with Crippen molar-refractivity contribution in [3.05, 3.63) is 81.8 Å². The molecule has 0 radical (unpaired) electrons. The van der Waals surface area contributed by atoms with Crippen molar-refractivity contribution in [1.29, 1.82) is 0 Å². The van der Waals surface area contributed by atoms with Crippen molar-refractivity contribution in [2.45, 2.75) is 38.1 Å². The molecule has 0 unspecified atom stereocenters. The second-order valence-electron chi connectivity index (χ2n) is 8.10. The van der Waals surface area contributed by atoms with Crippen molar-refractivity contribution >= 4 is 5.91 Å². The number of aromatic amines is 1. The summed E-state index contributed by atoms with van der Waals surface area (Å²) < 4.78 is 20.0. The van der Waals surface area contributed by atoms with Crippen LogP contribution in [0, 0.1) is 5.82 Å². The average Bonchev–Trinajstić information content (AvgIpc) is 3.19. The highest BCUT2D eigenvalue weighted by molar-refractivity contribution is 5.76. The minimum Gasteiger partial charge on any atom is -0.497 e. The standard InChI is InChI=1S/C24H27FN4O3/c1-32-21-9-4-17(5-10-21)6-11-22(30)28-14-12-19(13-15-28)23-26-27-24(31)29(23)16-18-2-7-20(25)8-3-18/h2-5,7-10,19H,6,11-16H2,1H3,(H,27,31). The van der Waals surface area contributed by atoms with Crippen LogP contribution >= 0.6 is 0 Å². The summed E-state index contributed by atoms with van der Waals surface area (Å²) in [6.45, 7) is 1.62. The fourth-order valence-electron chi connectivity index (χ4n) is 4.16. The van der Waals surface area contributed by atoms with E-state index in [4.69, 9.17) is 4.74 Å². The average molecular weight is 439 g/mol. The van der Waals surface area contributed by atoms with Gasteiger partial charge in [0.15, 0.2) is 0 Å². The summed E-state index contributed by atoms with van der Waals surface area (Å²) in [4.78, 5) is 26.9. The zero-order valence-electron chi connectivity index (χ0n) is 18.1. The maximum Gasteiger partial charge on any atom is 0.343 e. The number of carbonyl (C=O) groups excluding carboxylic acids is 1. The maximum absolute atomic E-state index is 13.2. The van der Waals surface area contributed by atoms with Crippen LogP contribution in [-0.4, -0.2) is 45.8 Å². The van der Waals surface area contributed by atoms with Gasteiger partial charge < -0.3 is 9.64 Å². The molecule has 8 heteroatoms. The zero-order chi connectivity index (χ0) is 22.5. The van der Waals surface area contributed by atoms with Gasteiger partial charge in [0.25, 0.3) is 0 Å². The Morgan fingerprint density at radius 3 is 2.41 bits per heavy atom. The molecule has 0 aliphatic carbocycles. The molecule has 0 atom stereocenters. The molecule has 1 aliphatic heterocycles. The lowest BCUT2D eigenvalue weighted by molar-refractivity contribution is -0.132. The van der Waals surface area contributed by atoms with Crippen molar-refractivity contribution in [2.75, 3.05) is 20.2 Å². The van der Waals surface area contributed by atoms with Gasteiger partial charge in [0, 0.05) is 25.4 Å². The van der Waals surface area contributed by atoms with Gasteiger partial charge in [0.05, 0.1) is 13.7 Å². The normalized spacial score (nSPS) is 14.5. The number of hydrogen-bond donors (Lipinski definition) is 1. The Bertz CT molecular complexity index is 1100. The predicted octanol–water partition coefficient (Wildman–Crippen LogP) is 3.11. The molecular formula is C24H27FN4O3. The molecule has 1 aromatic heterocycles. The molecule has 32 heavy (non-hydrogen) atoms. The number of aryl methyl sites for hydroxylation is 1. The van der Waals surface area contributed by atoms with Gasteiger partial charge in [0.2, 0.25) is 5.91 Å². The van der Waals surface area contributed by atoms with Crippen molar-refractivity contribution in [1.82, 2.24) is 19.7 Å². The number of nitrogens with zero attached hydrogens (tertiary/aromatic N) is 3. The smallest absolute Gasteiger partial charge is 0.343 e. The minimum atomic E-state index is -0.308. The summed E-state index contributed by atoms with van der Waals surface area (Å²) in [5, 5.41) is 6.79. The third-order valence-electron chi connectivity index (χ3n) is 6.04. The van der Waals surface area contributed by atoms with Gasteiger partial charge in [-0.3, -0.25) is 9.36 Å². The number of H-pyrrole nitrogens is 1. The van der Waals surface area contributed by atoms with Gasteiger partial charge >= 0.3 is 5.69 Å². The van der Waals surface area contributed by atoms with Crippen molar-refractivity contribution in [3.8, 4) is 5.75 Å². The van der Waals surface area contributed by atoms with E-state index < -0.39 is 0 Å². The summed E-state index contributed by atoms with van der Waals surface area (Å²) in [5.41, 5.74) is 1.67. The molecule has 1 fully saturated rings. The lowest BCUT2D eigenvalue weighted by Crippen LogP contribution is -2.38. The van der Waals surface area contributed by atoms with E-state index in [0.717, 1.165) is 29.7 Å². The third kappa shape index (κ3) is 5.07. The fourth-order valence-corrected chi connectivity index (χ4v) is 4.16. The molecule has 3 aromatic rings. The number of carbonyl (C=O) groups is 1. The number of nitrogens with one attached hydrogen (secondary N) is 1. The number of rotatable bonds is 7. The second-order valence-corrected chi connectivity index (χ2v) is 8.10. The number of methoxy groups -OCH3 is 1. The first kappa shape index (κ1) is 21.8. The number of amides is 1.